The van der Waals surface area contributed by atoms with E-state index in [0.717, 1.165) is 43.7 Å². The zero-order valence-electron chi connectivity index (χ0n) is 13.8. The van der Waals surface area contributed by atoms with Gasteiger partial charge in [0.15, 0.2) is 0 Å². The average molecular weight is 281 g/mol. The fraction of sp³-hybridized carbons (Fsp3) is 0.812. The Morgan fingerprint density at radius 1 is 1.30 bits per heavy atom. The van der Waals surface area contributed by atoms with E-state index in [4.69, 9.17) is 4.74 Å². The lowest BCUT2D eigenvalue weighted by molar-refractivity contribution is 0.147. The van der Waals surface area contributed by atoms with E-state index in [1.54, 1.807) is 0 Å². The number of aromatic nitrogens is 2. The van der Waals surface area contributed by atoms with Gasteiger partial charge in [0.05, 0.1) is 5.69 Å². The lowest BCUT2D eigenvalue weighted by Crippen LogP contribution is -2.13. The van der Waals surface area contributed by atoms with E-state index in [-0.39, 0.29) is 0 Å². The van der Waals surface area contributed by atoms with Gasteiger partial charge in [-0.05, 0) is 46.0 Å². The molecule has 1 heterocycles. The fourth-order valence-corrected chi connectivity index (χ4v) is 2.22. The molecule has 0 saturated heterocycles. The van der Waals surface area contributed by atoms with Crippen molar-refractivity contribution in [2.24, 2.45) is 5.92 Å². The number of ether oxygens (including phenoxy) is 1. The number of nitrogens with zero attached hydrogens (tertiary/aromatic N) is 2. The van der Waals surface area contributed by atoms with Gasteiger partial charge in [-0.1, -0.05) is 13.8 Å². The quantitative estimate of drug-likeness (QED) is 0.658. The average Bonchev–Trinajstić information content (AvgIpc) is 2.77. The van der Waals surface area contributed by atoms with Crippen LogP contribution in [0.1, 0.15) is 58.7 Å². The number of hydrogen-bond acceptors (Lipinski definition) is 3. The molecule has 0 fully saturated rings. The van der Waals surface area contributed by atoms with Crippen molar-refractivity contribution < 1.29 is 4.74 Å². The maximum absolute atomic E-state index is 5.35. The Morgan fingerprint density at radius 3 is 2.70 bits per heavy atom. The first-order valence-electron chi connectivity index (χ1n) is 7.91. The van der Waals surface area contributed by atoms with Crippen LogP contribution in [0.15, 0.2) is 6.20 Å². The van der Waals surface area contributed by atoms with Gasteiger partial charge >= 0.3 is 0 Å². The van der Waals surface area contributed by atoms with Crippen molar-refractivity contribution in [3.8, 4) is 0 Å². The van der Waals surface area contributed by atoms with Crippen LogP contribution < -0.4 is 5.32 Å². The van der Waals surface area contributed by atoms with Crippen LogP contribution in [0.2, 0.25) is 0 Å². The summed E-state index contributed by atoms with van der Waals surface area (Å²) >= 11 is 0. The van der Waals surface area contributed by atoms with E-state index in [1.165, 1.54) is 12.8 Å². The molecule has 4 nitrogen and oxygen atoms in total. The first-order chi connectivity index (χ1) is 9.54. The fourth-order valence-electron chi connectivity index (χ4n) is 2.22. The third-order valence-corrected chi connectivity index (χ3v) is 3.44. The topological polar surface area (TPSA) is 39.1 Å². The summed E-state index contributed by atoms with van der Waals surface area (Å²) in [6, 6.07) is 0.494. The summed E-state index contributed by atoms with van der Waals surface area (Å²) in [7, 11) is 0. The molecule has 4 heteroatoms. The molecular formula is C16H31N3O. The predicted octanol–water partition coefficient (Wildman–Crippen LogP) is 4.03. The molecule has 1 atom stereocenters. The summed E-state index contributed by atoms with van der Waals surface area (Å²) in [6.07, 6.45) is 5.61. The van der Waals surface area contributed by atoms with Crippen molar-refractivity contribution >= 4 is 5.95 Å². The van der Waals surface area contributed by atoms with Crippen LogP contribution in [0.25, 0.3) is 0 Å². The third-order valence-electron chi connectivity index (χ3n) is 3.44. The molecule has 1 aromatic rings. The van der Waals surface area contributed by atoms with Gasteiger partial charge in [0, 0.05) is 32.0 Å². The Morgan fingerprint density at radius 2 is 2.05 bits per heavy atom. The second-order valence-corrected chi connectivity index (χ2v) is 5.91. The Labute approximate surface area is 123 Å². The molecule has 0 saturated carbocycles. The highest BCUT2D eigenvalue weighted by molar-refractivity contribution is 5.29. The molecule has 1 N–H and O–H groups in total. The first kappa shape index (κ1) is 17.0. The zero-order chi connectivity index (χ0) is 15.0. The van der Waals surface area contributed by atoms with Crippen LogP contribution in [0.3, 0.4) is 0 Å². The minimum Gasteiger partial charge on any atom is -0.382 e. The van der Waals surface area contributed by atoms with Gasteiger partial charge in [0.2, 0.25) is 5.95 Å². The highest BCUT2D eigenvalue weighted by Crippen LogP contribution is 2.22. The SMILES string of the molecule is CCOCCCNc1nc(C)cn1C(C)CCC(C)C. The highest BCUT2D eigenvalue weighted by Gasteiger charge is 2.12. The molecule has 0 amide bonds. The molecule has 1 unspecified atom stereocenters. The summed E-state index contributed by atoms with van der Waals surface area (Å²) < 4.78 is 7.63. The monoisotopic (exact) mass is 281 g/mol. The van der Waals surface area contributed by atoms with Gasteiger partial charge in [-0.3, -0.25) is 0 Å². The summed E-state index contributed by atoms with van der Waals surface area (Å²) in [5.74, 6) is 1.75. The number of aryl methyl sites for hydroxylation is 1. The molecule has 1 rings (SSSR count). The summed E-state index contributed by atoms with van der Waals surface area (Å²) in [5, 5.41) is 3.43. The Bertz CT molecular complexity index is 374. The summed E-state index contributed by atoms with van der Waals surface area (Å²) in [5.41, 5.74) is 1.08. The minimum absolute atomic E-state index is 0.494. The zero-order valence-corrected chi connectivity index (χ0v) is 13.8. The van der Waals surface area contributed by atoms with E-state index in [9.17, 15) is 0 Å². The number of hydrogen-bond donors (Lipinski definition) is 1. The number of imidazole rings is 1. The highest BCUT2D eigenvalue weighted by atomic mass is 16.5. The van der Waals surface area contributed by atoms with Gasteiger partial charge in [0.1, 0.15) is 0 Å². The second-order valence-electron chi connectivity index (χ2n) is 5.91. The van der Waals surface area contributed by atoms with Crippen molar-refractivity contribution in [3.63, 3.8) is 0 Å². The smallest absolute Gasteiger partial charge is 0.203 e. The molecule has 0 radical (unpaired) electrons. The van der Waals surface area contributed by atoms with E-state index < -0.39 is 0 Å². The number of nitrogens with one attached hydrogen (secondary N) is 1. The Hall–Kier alpha value is -1.03. The van der Waals surface area contributed by atoms with Gasteiger partial charge in [-0.25, -0.2) is 4.98 Å². The maximum Gasteiger partial charge on any atom is 0.203 e. The standard InChI is InChI=1S/C16H31N3O/c1-6-20-11-7-10-17-16-18-14(4)12-19(16)15(5)9-8-13(2)3/h12-13,15H,6-11H2,1-5H3,(H,17,18). The van der Waals surface area contributed by atoms with Crippen molar-refractivity contribution in [2.75, 3.05) is 25.1 Å². The maximum atomic E-state index is 5.35. The molecule has 0 spiro atoms. The normalized spacial score (nSPS) is 12.9. The molecule has 20 heavy (non-hydrogen) atoms. The van der Waals surface area contributed by atoms with Crippen LogP contribution in [0, 0.1) is 12.8 Å². The van der Waals surface area contributed by atoms with Crippen LogP contribution in [0.5, 0.6) is 0 Å². The van der Waals surface area contributed by atoms with Gasteiger partial charge in [0.25, 0.3) is 0 Å². The molecule has 0 aromatic carbocycles. The van der Waals surface area contributed by atoms with Crippen LogP contribution in [0.4, 0.5) is 5.95 Å². The van der Waals surface area contributed by atoms with Crippen LogP contribution >= 0.6 is 0 Å². The van der Waals surface area contributed by atoms with Gasteiger partial charge in [-0.2, -0.15) is 0 Å². The second kappa shape index (κ2) is 9.01. The van der Waals surface area contributed by atoms with Gasteiger partial charge in [-0.15, -0.1) is 0 Å². The predicted molar refractivity (Wildman–Crippen MR) is 85.3 cm³/mol. The van der Waals surface area contributed by atoms with Crippen molar-refractivity contribution in [1.82, 2.24) is 9.55 Å². The van der Waals surface area contributed by atoms with Crippen molar-refractivity contribution in [2.45, 2.75) is 59.9 Å². The van der Waals surface area contributed by atoms with Crippen LogP contribution in [-0.4, -0.2) is 29.3 Å². The third kappa shape index (κ3) is 5.95. The van der Waals surface area contributed by atoms with E-state index >= 15 is 0 Å². The molecule has 0 aliphatic carbocycles. The summed E-state index contributed by atoms with van der Waals surface area (Å²) in [6.45, 7) is 13.4. The van der Waals surface area contributed by atoms with E-state index in [0.29, 0.717) is 6.04 Å². The molecule has 0 aliphatic heterocycles. The van der Waals surface area contributed by atoms with Crippen molar-refractivity contribution in [1.29, 1.82) is 0 Å². The Balaban J connectivity index is 2.49. The van der Waals surface area contributed by atoms with Crippen LogP contribution in [-0.2, 0) is 4.74 Å². The van der Waals surface area contributed by atoms with E-state index in [2.05, 4.69) is 48.8 Å². The largest absolute Gasteiger partial charge is 0.382 e. The van der Waals surface area contributed by atoms with Gasteiger partial charge < -0.3 is 14.6 Å². The number of anilines is 1. The Kier molecular flexibility index (Phi) is 7.67. The summed E-state index contributed by atoms with van der Waals surface area (Å²) in [4.78, 5) is 4.59. The molecule has 116 valence electrons. The number of rotatable bonds is 10. The van der Waals surface area contributed by atoms with Crippen molar-refractivity contribution in [3.05, 3.63) is 11.9 Å². The molecular weight excluding hydrogens is 250 g/mol. The van der Waals surface area contributed by atoms with E-state index in [1.807, 2.05) is 6.92 Å². The first-order valence-corrected chi connectivity index (χ1v) is 7.91. The lowest BCUT2D eigenvalue weighted by atomic mass is 10.0. The lowest BCUT2D eigenvalue weighted by Gasteiger charge is -2.18. The molecule has 0 bridgehead atoms. The molecule has 1 aromatic heterocycles. The minimum atomic E-state index is 0.494. The molecule has 0 aliphatic rings.